The summed E-state index contributed by atoms with van der Waals surface area (Å²) in [7, 11) is 0. The molecule has 0 aromatic rings. The topological polar surface area (TPSA) is 21.3 Å². The predicted octanol–water partition coefficient (Wildman–Crippen LogP) is 5.33. The molecular weight excluding hydrogens is 306 g/mol. The molecule has 4 fully saturated rings. The van der Waals surface area contributed by atoms with Crippen LogP contribution in [0, 0.1) is 28.6 Å². The molecule has 3 saturated carbocycles. The second-order valence-corrected chi connectivity index (χ2v) is 10.1. The van der Waals surface area contributed by atoms with E-state index in [1.165, 1.54) is 70.8 Å². The van der Waals surface area contributed by atoms with Gasteiger partial charge < -0.3 is 10.1 Å². The van der Waals surface area contributed by atoms with Crippen LogP contribution in [0.25, 0.3) is 0 Å². The van der Waals surface area contributed by atoms with Crippen LogP contribution in [0.15, 0.2) is 12.2 Å². The summed E-state index contributed by atoms with van der Waals surface area (Å²) in [6.07, 6.45) is 13.8. The lowest BCUT2D eigenvalue weighted by Gasteiger charge is -2.52. The van der Waals surface area contributed by atoms with E-state index >= 15 is 0 Å². The van der Waals surface area contributed by atoms with Crippen LogP contribution < -0.4 is 5.32 Å². The smallest absolute Gasteiger partial charge is 0.0511 e. The zero-order chi connectivity index (χ0) is 17.5. The summed E-state index contributed by atoms with van der Waals surface area (Å²) >= 11 is 0. The molecule has 5 atom stereocenters. The molecule has 0 aromatic heterocycles. The molecule has 0 spiro atoms. The van der Waals surface area contributed by atoms with Gasteiger partial charge in [0.05, 0.1) is 6.61 Å². The highest BCUT2D eigenvalue weighted by molar-refractivity contribution is 5.19. The molecule has 142 valence electrons. The lowest BCUT2D eigenvalue weighted by molar-refractivity contribution is -0.0835. The summed E-state index contributed by atoms with van der Waals surface area (Å²) in [5, 5.41) is 3.91. The molecule has 0 amide bonds. The molecule has 1 heterocycles. The van der Waals surface area contributed by atoms with Crippen LogP contribution >= 0.6 is 0 Å². The van der Waals surface area contributed by atoms with Crippen LogP contribution in [0.4, 0.5) is 0 Å². The van der Waals surface area contributed by atoms with Crippen LogP contribution in [0.3, 0.4) is 0 Å². The standard InChI is InChI=1S/C23H39NO/c1-17-8-9-18-14-19(10-11-22(17,18)2)23(3)12-13-25-16-20(23)15-24-21-6-4-5-7-21/h18-21,24H,1,4-16H2,2-3H3/t18?,19?,20-,22+,23+/m0/s1. The van der Waals surface area contributed by atoms with E-state index in [9.17, 15) is 0 Å². The Morgan fingerprint density at radius 1 is 1.08 bits per heavy atom. The van der Waals surface area contributed by atoms with E-state index in [1.807, 2.05) is 0 Å². The summed E-state index contributed by atoms with van der Waals surface area (Å²) < 4.78 is 5.95. The van der Waals surface area contributed by atoms with Gasteiger partial charge in [-0.1, -0.05) is 38.8 Å². The van der Waals surface area contributed by atoms with Crippen LogP contribution in [-0.2, 0) is 4.74 Å². The molecule has 1 saturated heterocycles. The highest BCUT2D eigenvalue weighted by Crippen LogP contribution is 2.60. The molecule has 2 heteroatoms. The first kappa shape index (κ1) is 18.0. The summed E-state index contributed by atoms with van der Waals surface area (Å²) in [4.78, 5) is 0. The zero-order valence-corrected chi connectivity index (χ0v) is 16.6. The Morgan fingerprint density at radius 2 is 1.88 bits per heavy atom. The minimum absolute atomic E-state index is 0.454. The third-order valence-corrected chi connectivity index (χ3v) is 9.06. The maximum atomic E-state index is 5.95. The molecule has 0 aromatic carbocycles. The first-order chi connectivity index (χ1) is 12.0. The van der Waals surface area contributed by atoms with Crippen molar-refractivity contribution in [1.29, 1.82) is 0 Å². The summed E-state index contributed by atoms with van der Waals surface area (Å²) in [6.45, 7) is 12.7. The van der Waals surface area contributed by atoms with Crippen LogP contribution in [0.1, 0.15) is 78.1 Å². The van der Waals surface area contributed by atoms with E-state index in [1.54, 1.807) is 5.57 Å². The number of ether oxygens (including phenoxy) is 1. The molecular formula is C23H39NO. The monoisotopic (exact) mass is 345 g/mol. The van der Waals surface area contributed by atoms with E-state index in [0.717, 1.165) is 31.1 Å². The molecule has 4 rings (SSSR count). The predicted molar refractivity (Wildman–Crippen MR) is 105 cm³/mol. The second kappa shape index (κ2) is 7.00. The van der Waals surface area contributed by atoms with E-state index in [4.69, 9.17) is 4.74 Å². The molecule has 25 heavy (non-hydrogen) atoms. The minimum Gasteiger partial charge on any atom is -0.381 e. The Morgan fingerprint density at radius 3 is 2.68 bits per heavy atom. The number of rotatable bonds is 4. The molecule has 4 aliphatic rings. The Bertz CT molecular complexity index is 496. The van der Waals surface area contributed by atoms with Gasteiger partial charge in [0, 0.05) is 25.1 Å². The van der Waals surface area contributed by atoms with E-state index in [-0.39, 0.29) is 0 Å². The molecule has 2 nitrogen and oxygen atoms in total. The molecule has 0 bridgehead atoms. The van der Waals surface area contributed by atoms with Gasteiger partial charge in [-0.2, -0.15) is 0 Å². The van der Waals surface area contributed by atoms with Gasteiger partial charge >= 0.3 is 0 Å². The third kappa shape index (κ3) is 3.23. The van der Waals surface area contributed by atoms with Gasteiger partial charge in [0.2, 0.25) is 0 Å². The second-order valence-electron chi connectivity index (χ2n) is 10.1. The van der Waals surface area contributed by atoms with Gasteiger partial charge in [-0.15, -0.1) is 0 Å². The number of fused-ring (bicyclic) bond motifs is 1. The van der Waals surface area contributed by atoms with Crippen LogP contribution in [0.5, 0.6) is 0 Å². The zero-order valence-electron chi connectivity index (χ0n) is 16.6. The van der Waals surface area contributed by atoms with E-state index in [0.29, 0.717) is 16.7 Å². The van der Waals surface area contributed by atoms with Crippen molar-refractivity contribution < 1.29 is 4.74 Å². The Hall–Kier alpha value is -0.340. The average Bonchev–Trinajstić information content (AvgIpc) is 3.22. The highest BCUT2D eigenvalue weighted by Gasteiger charge is 2.51. The molecule has 1 N–H and O–H groups in total. The lowest BCUT2D eigenvalue weighted by atomic mass is 9.55. The lowest BCUT2D eigenvalue weighted by Crippen LogP contribution is -2.50. The van der Waals surface area contributed by atoms with Crippen molar-refractivity contribution in [2.24, 2.45) is 28.6 Å². The molecule has 1 aliphatic heterocycles. The van der Waals surface area contributed by atoms with Crippen molar-refractivity contribution in [2.45, 2.75) is 84.1 Å². The van der Waals surface area contributed by atoms with Crippen molar-refractivity contribution in [1.82, 2.24) is 5.32 Å². The maximum absolute atomic E-state index is 5.95. The number of hydrogen-bond acceptors (Lipinski definition) is 2. The fourth-order valence-corrected chi connectivity index (χ4v) is 6.72. The first-order valence-corrected chi connectivity index (χ1v) is 11.0. The average molecular weight is 346 g/mol. The van der Waals surface area contributed by atoms with Gasteiger partial charge in [-0.05, 0) is 74.0 Å². The Balaban J connectivity index is 1.43. The highest BCUT2D eigenvalue weighted by atomic mass is 16.5. The SMILES string of the molecule is C=C1CCC2CC([C@@]3(C)CCOC[C@@H]3CNC3CCCC3)CC[C@]12C. The fraction of sp³-hybridized carbons (Fsp3) is 0.913. The van der Waals surface area contributed by atoms with Gasteiger partial charge in [0.25, 0.3) is 0 Å². The van der Waals surface area contributed by atoms with Crippen LogP contribution in [-0.4, -0.2) is 25.8 Å². The molecule has 0 radical (unpaired) electrons. The van der Waals surface area contributed by atoms with Gasteiger partial charge in [-0.25, -0.2) is 0 Å². The van der Waals surface area contributed by atoms with Crippen molar-refractivity contribution >= 4 is 0 Å². The van der Waals surface area contributed by atoms with E-state index < -0.39 is 0 Å². The quantitative estimate of drug-likeness (QED) is 0.695. The number of allylic oxidation sites excluding steroid dienone is 1. The largest absolute Gasteiger partial charge is 0.381 e. The summed E-state index contributed by atoms with van der Waals surface area (Å²) in [5.74, 6) is 2.47. The summed E-state index contributed by atoms with van der Waals surface area (Å²) in [5.41, 5.74) is 2.47. The minimum atomic E-state index is 0.454. The number of hydrogen-bond donors (Lipinski definition) is 1. The fourth-order valence-electron chi connectivity index (χ4n) is 6.72. The van der Waals surface area contributed by atoms with Crippen molar-refractivity contribution in [3.05, 3.63) is 12.2 Å². The Labute approximate surface area is 155 Å². The molecule has 3 aliphatic carbocycles. The summed E-state index contributed by atoms with van der Waals surface area (Å²) in [6, 6.07) is 0.777. The van der Waals surface area contributed by atoms with Crippen LogP contribution in [0.2, 0.25) is 0 Å². The van der Waals surface area contributed by atoms with Crippen molar-refractivity contribution in [2.75, 3.05) is 19.8 Å². The van der Waals surface area contributed by atoms with Gasteiger partial charge in [0.1, 0.15) is 0 Å². The van der Waals surface area contributed by atoms with Crippen molar-refractivity contribution in [3.8, 4) is 0 Å². The Kier molecular flexibility index (Phi) is 5.05. The van der Waals surface area contributed by atoms with Gasteiger partial charge in [-0.3, -0.25) is 0 Å². The normalized spacial score (nSPS) is 45.7. The third-order valence-electron chi connectivity index (χ3n) is 9.06. The molecule has 2 unspecified atom stereocenters. The van der Waals surface area contributed by atoms with Gasteiger partial charge in [0.15, 0.2) is 0 Å². The maximum Gasteiger partial charge on any atom is 0.0511 e. The number of nitrogens with one attached hydrogen (secondary N) is 1. The van der Waals surface area contributed by atoms with Crippen molar-refractivity contribution in [3.63, 3.8) is 0 Å². The van der Waals surface area contributed by atoms with E-state index in [2.05, 4.69) is 25.7 Å². The first-order valence-electron chi connectivity index (χ1n) is 11.0.